The van der Waals surface area contributed by atoms with Crippen LogP contribution in [0.3, 0.4) is 0 Å². The van der Waals surface area contributed by atoms with Gasteiger partial charge in [-0.15, -0.1) is 0 Å². The van der Waals surface area contributed by atoms with Gasteiger partial charge in [-0.2, -0.15) is 0 Å². The van der Waals surface area contributed by atoms with E-state index in [1.165, 1.54) is 55.0 Å². The van der Waals surface area contributed by atoms with E-state index in [-0.39, 0.29) is 0 Å². The molecule has 0 radical (unpaired) electrons. The molecule has 2 nitrogen and oxygen atoms in total. The van der Waals surface area contributed by atoms with Gasteiger partial charge in [0, 0.05) is 27.9 Å². The SMILES string of the molecule is c1ccc(-c2ccc(-c3ccc4[nH]c5c(ccc6cc[nH]c65)c4c3)cc2)cc1. The summed E-state index contributed by atoms with van der Waals surface area (Å²) < 4.78 is 0. The average molecular weight is 358 g/mol. The van der Waals surface area contributed by atoms with Crippen LogP contribution in [0.2, 0.25) is 0 Å². The fourth-order valence-corrected chi connectivity index (χ4v) is 4.16. The molecule has 0 aliphatic carbocycles. The molecule has 132 valence electrons. The summed E-state index contributed by atoms with van der Waals surface area (Å²) in [4.78, 5) is 6.95. The molecular weight excluding hydrogens is 340 g/mol. The minimum atomic E-state index is 1.17. The van der Waals surface area contributed by atoms with Crippen LogP contribution in [-0.4, -0.2) is 9.97 Å². The first-order chi connectivity index (χ1) is 13.9. The predicted octanol–water partition coefficient (Wildman–Crippen LogP) is 7.14. The van der Waals surface area contributed by atoms with Crippen LogP contribution in [0.1, 0.15) is 0 Å². The Morgan fingerprint density at radius 3 is 2.04 bits per heavy atom. The van der Waals surface area contributed by atoms with Crippen molar-refractivity contribution < 1.29 is 0 Å². The minimum absolute atomic E-state index is 1.17. The molecule has 0 atom stereocenters. The van der Waals surface area contributed by atoms with Crippen molar-refractivity contribution in [3.05, 3.63) is 97.2 Å². The Kier molecular flexibility index (Phi) is 3.20. The Bertz CT molecular complexity index is 1430. The lowest BCUT2D eigenvalue weighted by atomic mass is 9.99. The molecule has 2 aromatic heterocycles. The number of hydrogen-bond acceptors (Lipinski definition) is 0. The summed E-state index contributed by atoms with van der Waals surface area (Å²) in [6.07, 6.45) is 2.00. The number of benzene rings is 4. The van der Waals surface area contributed by atoms with Gasteiger partial charge < -0.3 is 9.97 Å². The van der Waals surface area contributed by atoms with Crippen LogP contribution < -0.4 is 0 Å². The van der Waals surface area contributed by atoms with Gasteiger partial charge in [-0.25, -0.2) is 0 Å². The zero-order valence-corrected chi connectivity index (χ0v) is 15.2. The molecule has 0 aliphatic heterocycles. The second kappa shape index (κ2) is 5.86. The highest BCUT2D eigenvalue weighted by Gasteiger charge is 2.10. The first kappa shape index (κ1) is 15.3. The molecule has 6 aromatic rings. The lowest BCUT2D eigenvalue weighted by Crippen LogP contribution is -1.80. The molecule has 2 heteroatoms. The molecule has 0 saturated carbocycles. The number of nitrogens with one attached hydrogen (secondary N) is 2. The second-order valence-corrected chi connectivity index (χ2v) is 7.26. The van der Waals surface area contributed by atoms with Gasteiger partial charge in [0.05, 0.1) is 11.0 Å². The zero-order valence-electron chi connectivity index (χ0n) is 15.2. The number of H-pyrrole nitrogens is 2. The van der Waals surface area contributed by atoms with Crippen LogP contribution in [0.15, 0.2) is 97.2 Å². The summed E-state index contributed by atoms with van der Waals surface area (Å²) in [6, 6.07) is 32.5. The molecule has 2 N–H and O–H groups in total. The Labute approximate surface area is 162 Å². The van der Waals surface area contributed by atoms with E-state index >= 15 is 0 Å². The van der Waals surface area contributed by atoms with Crippen molar-refractivity contribution >= 4 is 32.7 Å². The number of aromatic amines is 2. The van der Waals surface area contributed by atoms with Crippen LogP contribution in [0.4, 0.5) is 0 Å². The van der Waals surface area contributed by atoms with Crippen molar-refractivity contribution in [2.24, 2.45) is 0 Å². The monoisotopic (exact) mass is 358 g/mol. The Hall–Kier alpha value is -3.78. The average Bonchev–Trinajstić information content (AvgIpc) is 3.38. The van der Waals surface area contributed by atoms with E-state index in [9.17, 15) is 0 Å². The molecule has 0 spiro atoms. The Balaban J connectivity index is 1.48. The van der Waals surface area contributed by atoms with Crippen molar-refractivity contribution in [1.29, 1.82) is 0 Å². The summed E-state index contributed by atoms with van der Waals surface area (Å²) in [5.41, 5.74) is 8.47. The van der Waals surface area contributed by atoms with E-state index < -0.39 is 0 Å². The number of aromatic nitrogens is 2. The van der Waals surface area contributed by atoms with Crippen LogP contribution >= 0.6 is 0 Å². The van der Waals surface area contributed by atoms with Crippen LogP contribution in [0.25, 0.3) is 55.0 Å². The van der Waals surface area contributed by atoms with E-state index in [2.05, 4.69) is 101 Å². The van der Waals surface area contributed by atoms with Crippen molar-refractivity contribution in [2.45, 2.75) is 0 Å². The van der Waals surface area contributed by atoms with Crippen LogP contribution in [0, 0.1) is 0 Å². The molecule has 0 aliphatic rings. The number of rotatable bonds is 2. The highest BCUT2D eigenvalue weighted by Crippen LogP contribution is 2.33. The second-order valence-electron chi connectivity index (χ2n) is 7.26. The molecule has 0 fully saturated rings. The van der Waals surface area contributed by atoms with Gasteiger partial charge in [-0.3, -0.25) is 0 Å². The summed E-state index contributed by atoms with van der Waals surface area (Å²) in [5, 5.41) is 3.75. The van der Waals surface area contributed by atoms with Gasteiger partial charge in [-0.05, 0) is 40.5 Å². The standard InChI is InChI=1S/C26H18N2/c1-2-4-17(5-3-1)18-6-8-19(9-7-18)21-11-13-24-23(16-21)22-12-10-20-14-15-27-25(20)26(22)28-24/h1-16,27-28H. The number of fused-ring (bicyclic) bond motifs is 5. The van der Waals surface area contributed by atoms with Gasteiger partial charge in [-0.1, -0.05) is 72.8 Å². The highest BCUT2D eigenvalue weighted by molar-refractivity contribution is 6.16. The maximum absolute atomic E-state index is 3.59. The molecule has 0 amide bonds. The molecule has 4 aromatic carbocycles. The third-order valence-corrected chi connectivity index (χ3v) is 5.62. The van der Waals surface area contributed by atoms with Crippen molar-refractivity contribution in [1.82, 2.24) is 9.97 Å². The zero-order chi connectivity index (χ0) is 18.5. The minimum Gasteiger partial charge on any atom is -0.359 e. The summed E-state index contributed by atoms with van der Waals surface area (Å²) in [7, 11) is 0. The maximum Gasteiger partial charge on any atom is 0.0710 e. The predicted molar refractivity (Wildman–Crippen MR) is 119 cm³/mol. The number of hydrogen-bond donors (Lipinski definition) is 2. The van der Waals surface area contributed by atoms with E-state index in [0.717, 1.165) is 0 Å². The molecular formula is C26H18N2. The summed E-state index contributed by atoms with van der Waals surface area (Å²) >= 11 is 0. The Morgan fingerprint density at radius 1 is 0.500 bits per heavy atom. The molecule has 2 heterocycles. The smallest absolute Gasteiger partial charge is 0.0710 e. The third kappa shape index (κ3) is 2.28. The van der Waals surface area contributed by atoms with Gasteiger partial charge >= 0.3 is 0 Å². The quantitative estimate of drug-likeness (QED) is 0.330. The van der Waals surface area contributed by atoms with Crippen molar-refractivity contribution in [3.63, 3.8) is 0 Å². The van der Waals surface area contributed by atoms with Crippen LogP contribution in [0.5, 0.6) is 0 Å². The lowest BCUT2D eigenvalue weighted by molar-refractivity contribution is 1.47. The molecule has 28 heavy (non-hydrogen) atoms. The van der Waals surface area contributed by atoms with Crippen molar-refractivity contribution in [2.75, 3.05) is 0 Å². The summed E-state index contributed by atoms with van der Waals surface area (Å²) in [5.74, 6) is 0. The van der Waals surface area contributed by atoms with Crippen LogP contribution in [-0.2, 0) is 0 Å². The third-order valence-electron chi connectivity index (χ3n) is 5.62. The molecule has 0 bridgehead atoms. The topological polar surface area (TPSA) is 31.6 Å². The van der Waals surface area contributed by atoms with Gasteiger partial charge in [0.15, 0.2) is 0 Å². The van der Waals surface area contributed by atoms with E-state index in [0.29, 0.717) is 0 Å². The van der Waals surface area contributed by atoms with Crippen molar-refractivity contribution in [3.8, 4) is 22.3 Å². The first-order valence-corrected chi connectivity index (χ1v) is 9.54. The normalized spacial score (nSPS) is 11.6. The molecule has 0 unspecified atom stereocenters. The Morgan fingerprint density at radius 2 is 1.21 bits per heavy atom. The van der Waals surface area contributed by atoms with Gasteiger partial charge in [0.25, 0.3) is 0 Å². The molecule has 0 saturated heterocycles. The van der Waals surface area contributed by atoms with E-state index in [4.69, 9.17) is 0 Å². The van der Waals surface area contributed by atoms with Gasteiger partial charge in [0.1, 0.15) is 0 Å². The molecule has 6 rings (SSSR count). The highest BCUT2D eigenvalue weighted by atomic mass is 14.8. The summed E-state index contributed by atoms with van der Waals surface area (Å²) in [6.45, 7) is 0. The first-order valence-electron chi connectivity index (χ1n) is 9.54. The fraction of sp³-hybridized carbons (Fsp3) is 0. The lowest BCUT2D eigenvalue weighted by Gasteiger charge is -2.05. The van der Waals surface area contributed by atoms with E-state index in [1.54, 1.807) is 0 Å². The largest absolute Gasteiger partial charge is 0.359 e. The van der Waals surface area contributed by atoms with Gasteiger partial charge in [0.2, 0.25) is 0 Å². The fourth-order valence-electron chi connectivity index (χ4n) is 4.16. The van der Waals surface area contributed by atoms with E-state index in [1.807, 2.05) is 6.20 Å². The maximum atomic E-state index is 3.59.